The molecule has 0 N–H and O–H groups in total. The maximum atomic E-state index is 11.0. The van der Waals surface area contributed by atoms with Crippen molar-refractivity contribution in [2.24, 2.45) is 0 Å². The predicted molar refractivity (Wildman–Crippen MR) is 87.8 cm³/mol. The van der Waals surface area contributed by atoms with E-state index >= 15 is 0 Å². The Hall–Kier alpha value is -2.82. The fraction of sp³-hybridized carbons (Fsp3) is 0.222. The van der Waals surface area contributed by atoms with Crippen LogP contribution < -0.4 is 0 Å². The van der Waals surface area contributed by atoms with Crippen LogP contribution in [0.4, 0.5) is 0 Å². The molecule has 23 heavy (non-hydrogen) atoms. The Morgan fingerprint density at radius 1 is 1.00 bits per heavy atom. The smallest absolute Gasteiger partial charge is 0.204 e. The highest BCUT2D eigenvalue weighted by Crippen LogP contribution is 2.15. The molecule has 0 saturated heterocycles. The van der Waals surface area contributed by atoms with Gasteiger partial charge >= 0.3 is 0 Å². The molecule has 5 nitrogen and oxygen atoms in total. The number of benzene rings is 2. The van der Waals surface area contributed by atoms with E-state index in [2.05, 4.69) is 15.4 Å². The molecule has 0 saturated carbocycles. The number of hydrogen-bond acceptors (Lipinski definition) is 4. The number of ketones is 1. The zero-order chi connectivity index (χ0) is 16.1. The minimum atomic E-state index is 0.208. The van der Waals surface area contributed by atoms with Crippen molar-refractivity contribution in [3.8, 4) is 11.4 Å². The minimum absolute atomic E-state index is 0.208. The van der Waals surface area contributed by atoms with Crippen molar-refractivity contribution in [2.75, 3.05) is 0 Å². The Morgan fingerprint density at radius 3 is 2.43 bits per heavy atom. The van der Waals surface area contributed by atoms with Crippen LogP contribution in [0.3, 0.4) is 0 Å². The standard InChI is InChI=1S/C18H18N4O/c1-14(23)7-8-15-9-11-17(12-10-15)18-19-21-22(20-18)13-16-5-3-2-4-6-16/h2-6,9-12H,7-8,13H2,1H3. The SMILES string of the molecule is CC(=O)CCc1ccc(-c2nnn(Cc3ccccc3)n2)cc1. The van der Waals surface area contributed by atoms with Gasteiger partial charge in [0.05, 0.1) is 6.54 Å². The largest absolute Gasteiger partial charge is 0.300 e. The van der Waals surface area contributed by atoms with Crippen molar-refractivity contribution in [2.45, 2.75) is 26.3 Å². The Balaban J connectivity index is 1.69. The predicted octanol–water partition coefficient (Wildman–Crippen LogP) is 2.91. The number of Topliss-reactive ketones (excluding diaryl/α,β-unsaturated/α-hetero) is 1. The number of carbonyl (C=O) groups excluding carboxylic acids is 1. The van der Waals surface area contributed by atoms with Crippen molar-refractivity contribution >= 4 is 5.78 Å². The second kappa shape index (κ2) is 6.96. The highest BCUT2D eigenvalue weighted by atomic mass is 16.1. The molecule has 0 atom stereocenters. The van der Waals surface area contributed by atoms with Crippen molar-refractivity contribution < 1.29 is 4.79 Å². The number of aryl methyl sites for hydroxylation is 1. The van der Waals surface area contributed by atoms with Gasteiger partial charge in [0.1, 0.15) is 5.78 Å². The van der Waals surface area contributed by atoms with E-state index in [1.54, 1.807) is 11.7 Å². The molecule has 3 aromatic rings. The van der Waals surface area contributed by atoms with Gasteiger partial charge in [-0.2, -0.15) is 4.80 Å². The molecule has 5 heteroatoms. The fourth-order valence-corrected chi connectivity index (χ4v) is 2.31. The van der Waals surface area contributed by atoms with E-state index in [0.717, 1.165) is 23.1 Å². The summed E-state index contributed by atoms with van der Waals surface area (Å²) in [4.78, 5) is 12.6. The van der Waals surface area contributed by atoms with Crippen molar-refractivity contribution in [3.63, 3.8) is 0 Å². The van der Waals surface area contributed by atoms with Gasteiger partial charge in [-0.3, -0.25) is 0 Å². The zero-order valence-corrected chi connectivity index (χ0v) is 13.0. The third-order valence-corrected chi connectivity index (χ3v) is 3.60. The number of nitrogens with zero attached hydrogens (tertiary/aromatic N) is 4. The lowest BCUT2D eigenvalue weighted by Gasteiger charge is -2.00. The highest BCUT2D eigenvalue weighted by Gasteiger charge is 2.06. The van der Waals surface area contributed by atoms with E-state index in [9.17, 15) is 4.79 Å². The first kappa shape index (κ1) is 15.1. The summed E-state index contributed by atoms with van der Waals surface area (Å²) in [6.45, 7) is 2.22. The van der Waals surface area contributed by atoms with Gasteiger partial charge in [-0.25, -0.2) is 0 Å². The molecule has 0 bridgehead atoms. The molecule has 1 heterocycles. The molecule has 1 aromatic heterocycles. The van der Waals surface area contributed by atoms with Crippen LogP contribution in [0.2, 0.25) is 0 Å². The molecule has 0 aliphatic heterocycles. The van der Waals surface area contributed by atoms with Gasteiger partial charge in [-0.05, 0) is 29.7 Å². The lowest BCUT2D eigenvalue weighted by atomic mass is 10.1. The Bertz CT molecular complexity index is 778. The normalized spacial score (nSPS) is 10.7. The second-order valence-corrected chi connectivity index (χ2v) is 5.53. The van der Waals surface area contributed by atoms with Crippen molar-refractivity contribution in [1.29, 1.82) is 0 Å². The molecule has 0 spiro atoms. The monoisotopic (exact) mass is 306 g/mol. The van der Waals surface area contributed by atoms with E-state index in [1.165, 1.54) is 0 Å². The van der Waals surface area contributed by atoms with Crippen LogP contribution in [0.15, 0.2) is 54.6 Å². The van der Waals surface area contributed by atoms with Gasteiger partial charge in [0, 0.05) is 12.0 Å². The number of aromatic nitrogens is 4. The molecule has 0 fully saturated rings. The lowest BCUT2D eigenvalue weighted by molar-refractivity contribution is -0.116. The Labute approximate surface area is 135 Å². The second-order valence-electron chi connectivity index (χ2n) is 5.53. The third-order valence-electron chi connectivity index (χ3n) is 3.60. The van der Waals surface area contributed by atoms with Crippen LogP contribution in [0, 0.1) is 0 Å². The van der Waals surface area contributed by atoms with Gasteiger partial charge in [-0.1, -0.05) is 54.6 Å². The summed E-state index contributed by atoms with van der Waals surface area (Å²) >= 11 is 0. The van der Waals surface area contributed by atoms with Crippen molar-refractivity contribution in [3.05, 3.63) is 65.7 Å². The number of rotatable bonds is 6. The number of hydrogen-bond donors (Lipinski definition) is 0. The van der Waals surface area contributed by atoms with Gasteiger partial charge in [-0.15, -0.1) is 10.2 Å². The first-order valence-corrected chi connectivity index (χ1v) is 7.61. The topological polar surface area (TPSA) is 60.7 Å². The summed E-state index contributed by atoms with van der Waals surface area (Å²) in [6, 6.07) is 18.0. The van der Waals surface area contributed by atoms with Crippen LogP contribution in [0.5, 0.6) is 0 Å². The average Bonchev–Trinajstić information content (AvgIpc) is 3.03. The molecule has 2 aromatic carbocycles. The summed E-state index contributed by atoms with van der Waals surface area (Å²) in [6.07, 6.45) is 1.34. The first-order chi connectivity index (χ1) is 11.2. The molecular weight excluding hydrogens is 288 g/mol. The van der Waals surface area contributed by atoms with E-state index in [0.29, 0.717) is 18.8 Å². The third kappa shape index (κ3) is 4.10. The molecule has 3 rings (SSSR count). The summed E-state index contributed by atoms with van der Waals surface area (Å²) in [5.41, 5.74) is 3.20. The zero-order valence-electron chi connectivity index (χ0n) is 13.0. The Kier molecular flexibility index (Phi) is 4.57. The highest BCUT2D eigenvalue weighted by molar-refractivity contribution is 5.75. The van der Waals surface area contributed by atoms with E-state index in [-0.39, 0.29) is 5.78 Å². The summed E-state index contributed by atoms with van der Waals surface area (Å²) in [5, 5.41) is 12.6. The molecule has 0 amide bonds. The molecule has 116 valence electrons. The van der Waals surface area contributed by atoms with E-state index in [4.69, 9.17) is 0 Å². The van der Waals surface area contributed by atoms with E-state index < -0.39 is 0 Å². The first-order valence-electron chi connectivity index (χ1n) is 7.61. The quantitative estimate of drug-likeness (QED) is 0.702. The van der Waals surface area contributed by atoms with Gasteiger partial charge < -0.3 is 4.79 Å². The van der Waals surface area contributed by atoms with Crippen LogP contribution in [0.1, 0.15) is 24.5 Å². The van der Waals surface area contributed by atoms with Crippen LogP contribution >= 0.6 is 0 Å². The van der Waals surface area contributed by atoms with Gasteiger partial charge in [0.15, 0.2) is 0 Å². The average molecular weight is 306 g/mol. The van der Waals surface area contributed by atoms with Gasteiger partial charge in [0.2, 0.25) is 5.82 Å². The fourth-order valence-electron chi connectivity index (χ4n) is 2.31. The summed E-state index contributed by atoms with van der Waals surface area (Å²) < 4.78 is 0. The summed E-state index contributed by atoms with van der Waals surface area (Å²) in [7, 11) is 0. The number of carbonyl (C=O) groups is 1. The molecule has 0 aliphatic rings. The van der Waals surface area contributed by atoms with Crippen LogP contribution in [0.25, 0.3) is 11.4 Å². The molecule has 0 radical (unpaired) electrons. The summed E-state index contributed by atoms with van der Waals surface area (Å²) in [5.74, 6) is 0.818. The Morgan fingerprint density at radius 2 is 1.74 bits per heavy atom. The van der Waals surface area contributed by atoms with Gasteiger partial charge in [0.25, 0.3) is 0 Å². The van der Waals surface area contributed by atoms with Crippen LogP contribution in [-0.2, 0) is 17.8 Å². The lowest BCUT2D eigenvalue weighted by Crippen LogP contribution is -2.03. The molecule has 0 unspecified atom stereocenters. The maximum Gasteiger partial charge on any atom is 0.204 e. The minimum Gasteiger partial charge on any atom is -0.300 e. The van der Waals surface area contributed by atoms with Crippen LogP contribution in [-0.4, -0.2) is 26.0 Å². The number of tetrazole rings is 1. The van der Waals surface area contributed by atoms with Crippen molar-refractivity contribution in [1.82, 2.24) is 20.2 Å². The molecular formula is C18H18N4O. The van der Waals surface area contributed by atoms with E-state index in [1.807, 2.05) is 54.6 Å². The molecule has 0 aliphatic carbocycles. The maximum absolute atomic E-state index is 11.0.